The van der Waals surface area contributed by atoms with E-state index in [1.54, 1.807) is 7.11 Å². The minimum atomic E-state index is -0.270. The highest BCUT2D eigenvalue weighted by molar-refractivity contribution is 5.91. The number of carbonyl (C=O) groups is 1. The van der Waals surface area contributed by atoms with Gasteiger partial charge in [-0.3, -0.25) is 4.79 Å². The Bertz CT molecular complexity index is 175. The molecule has 1 rings (SSSR count). The molecule has 3 nitrogen and oxygen atoms in total. The van der Waals surface area contributed by atoms with E-state index in [1.807, 2.05) is 13.8 Å². The zero-order chi connectivity index (χ0) is 9.19. The second kappa shape index (κ2) is 3.54. The maximum Gasteiger partial charge on any atom is 0.143 e. The summed E-state index contributed by atoms with van der Waals surface area (Å²) in [7, 11) is 1.64. The Morgan fingerprint density at radius 3 is 2.58 bits per heavy atom. The molecule has 0 aromatic heterocycles. The van der Waals surface area contributed by atoms with E-state index in [9.17, 15) is 4.79 Å². The molecule has 0 aromatic carbocycles. The SMILES string of the molecule is COCCOC1CC(=O)C1(C)C. The molecule has 3 heteroatoms. The van der Waals surface area contributed by atoms with Crippen molar-refractivity contribution in [1.29, 1.82) is 0 Å². The normalized spacial score (nSPS) is 26.9. The zero-order valence-electron chi connectivity index (χ0n) is 7.92. The molecule has 0 aliphatic heterocycles. The van der Waals surface area contributed by atoms with Crippen molar-refractivity contribution >= 4 is 5.78 Å². The summed E-state index contributed by atoms with van der Waals surface area (Å²) in [6, 6.07) is 0. The molecule has 12 heavy (non-hydrogen) atoms. The minimum Gasteiger partial charge on any atom is -0.382 e. The molecular formula is C9H16O3. The smallest absolute Gasteiger partial charge is 0.143 e. The monoisotopic (exact) mass is 172 g/mol. The van der Waals surface area contributed by atoms with Crippen molar-refractivity contribution in [3.8, 4) is 0 Å². The Morgan fingerprint density at radius 1 is 1.50 bits per heavy atom. The third-order valence-corrected chi connectivity index (χ3v) is 2.50. The Labute approximate surface area is 73.0 Å². The Hall–Kier alpha value is -0.410. The van der Waals surface area contributed by atoms with Gasteiger partial charge in [-0.25, -0.2) is 0 Å². The molecule has 1 atom stereocenters. The highest BCUT2D eigenvalue weighted by Gasteiger charge is 2.47. The molecule has 1 saturated carbocycles. The second-order valence-electron chi connectivity index (χ2n) is 3.70. The van der Waals surface area contributed by atoms with E-state index in [-0.39, 0.29) is 11.5 Å². The summed E-state index contributed by atoms with van der Waals surface area (Å²) in [5.74, 6) is 0.296. The summed E-state index contributed by atoms with van der Waals surface area (Å²) in [5.41, 5.74) is -0.270. The lowest BCUT2D eigenvalue weighted by molar-refractivity contribution is -0.159. The molecule has 0 aromatic rings. The zero-order valence-corrected chi connectivity index (χ0v) is 7.92. The number of ether oxygens (including phenoxy) is 2. The predicted octanol–water partition coefficient (Wildman–Crippen LogP) is 1.02. The van der Waals surface area contributed by atoms with Gasteiger partial charge >= 0.3 is 0 Å². The van der Waals surface area contributed by atoms with E-state index in [1.165, 1.54) is 0 Å². The lowest BCUT2D eigenvalue weighted by Gasteiger charge is -2.41. The van der Waals surface area contributed by atoms with Crippen LogP contribution in [0.5, 0.6) is 0 Å². The van der Waals surface area contributed by atoms with Gasteiger partial charge in [-0.15, -0.1) is 0 Å². The fourth-order valence-corrected chi connectivity index (χ4v) is 1.28. The topological polar surface area (TPSA) is 35.5 Å². The molecule has 1 aliphatic carbocycles. The van der Waals surface area contributed by atoms with Crippen molar-refractivity contribution in [1.82, 2.24) is 0 Å². The van der Waals surface area contributed by atoms with Crippen molar-refractivity contribution in [3.05, 3.63) is 0 Å². The summed E-state index contributed by atoms with van der Waals surface area (Å²) in [5, 5.41) is 0. The number of hydrogen-bond donors (Lipinski definition) is 0. The highest BCUT2D eigenvalue weighted by atomic mass is 16.5. The van der Waals surface area contributed by atoms with E-state index in [2.05, 4.69) is 0 Å². The first kappa shape index (κ1) is 9.68. The van der Waals surface area contributed by atoms with Crippen LogP contribution in [0, 0.1) is 5.41 Å². The van der Waals surface area contributed by atoms with E-state index in [0.29, 0.717) is 25.4 Å². The number of hydrogen-bond acceptors (Lipinski definition) is 3. The van der Waals surface area contributed by atoms with Crippen LogP contribution >= 0.6 is 0 Å². The molecule has 0 bridgehead atoms. The Morgan fingerprint density at radius 2 is 2.17 bits per heavy atom. The van der Waals surface area contributed by atoms with Crippen LogP contribution < -0.4 is 0 Å². The molecule has 1 fully saturated rings. The van der Waals surface area contributed by atoms with Gasteiger partial charge in [0.15, 0.2) is 0 Å². The first-order chi connectivity index (χ1) is 5.59. The van der Waals surface area contributed by atoms with Crippen LogP contribution in [-0.4, -0.2) is 32.2 Å². The molecule has 0 spiro atoms. The molecule has 0 amide bonds. The van der Waals surface area contributed by atoms with E-state index in [0.717, 1.165) is 0 Å². The van der Waals surface area contributed by atoms with Gasteiger partial charge in [0.05, 0.1) is 24.7 Å². The van der Waals surface area contributed by atoms with Crippen molar-refractivity contribution in [2.24, 2.45) is 5.41 Å². The van der Waals surface area contributed by atoms with Crippen molar-refractivity contribution in [2.75, 3.05) is 20.3 Å². The fourth-order valence-electron chi connectivity index (χ4n) is 1.28. The first-order valence-electron chi connectivity index (χ1n) is 4.23. The predicted molar refractivity (Wildman–Crippen MR) is 45.0 cm³/mol. The van der Waals surface area contributed by atoms with Crippen LogP contribution in [0.1, 0.15) is 20.3 Å². The van der Waals surface area contributed by atoms with Crippen LogP contribution in [-0.2, 0) is 14.3 Å². The summed E-state index contributed by atoms with van der Waals surface area (Å²) in [6.07, 6.45) is 0.664. The summed E-state index contributed by atoms with van der Waals surface area (Å²) < 4.78 is 10.3. The fraction of sp³-hybridized carbons (Fsp3) is 0.889. The first-order valence-corrected chi connectivity index (χ1v) is 4.23. The number of carbonyl (C=O) groups excluding carboxylic acids is 1. The largest absolute Gasteiger partial charge is 0.382 e. The third-order valence-electron chi connectivity index (χ3n) is 2.50. The van der Waals surface area contributed by atoms with Crippen molar-refractivity contribution in [2.45, 2.75) is 26.4 Å². The number of methoxy groups -OCH3 is 1. The average Bonchev–Trinajstić information content (AvgIpc) is 2.04. The van der Waals surface area contributed by atoms with Crippen LogP contribution in [0.15, 0.2) is 0 Å². The molecule has 0 radical (unpaired) electrons. The number of rotatable bonds is 4. The van der Waals surface area contributed by atoms with Gasteiger partial charge in [-0.2, -0.15) is 0 Å². The van der Waals surface area contributed by atoms with Crippen LogP contribution in [0.2, 0.25) is 0 Å². The molecular weight excluding hydrogens is 156 g/mol. The summed E-state index contributed by atoms with van der Waals surface area (Å²) in [4.78, 5) is 11.1. The quantitative estimate of drug-likeness (QED) is 0.594. The van der Waals surface area contributed by atoms with E-state index in [4.69, 9.17) is 9.47 Å². The van der Waals surface area contributed by atoms with Crippen molar-refractivity contribution in [3.63, 3.8) is 0 Å². The molecule has 1 aliphatic rings. The van der Waals surface area contributed by atoms with Crippen LogP contribution in [0.3, 0.4) is 0 Å². The standard InChI is InChI=1S/C9H16O3/c1-9(2)7(10)6-8(9)12-5-4-11-3/h8H,4-6H2,1-3H3. The summed E-state index contributed by atoms with van der Waals surface area (Å²) >= 11 is 0. The van der Waals surface area contributed by atoms with Gasteiger partial charge in [-0.1, -0.05) is 13.8 Å². The van der Waals surface area contributed by atoms with Gasteiger partial charge in [0.2, 0.25) is 0 Å². The molecule has 0 saturated heterocycles. The second-order valence-corrected chi connectivity index (χ2v) is 3.70. The van der Waals surface area contributed by atoms with Gasteiger partial charge < -0.3 is 9.47 Å². The van der Waals surface area contributed by atoms with Gasteiger partial charge in [0.1, 0.15) is 5.78 Å². The summed E-state index contributed by atoms with van der Waals surface area (Å²) in [6.45, 7) is 5.03. The highest BCUT2D eigenvalue weighted by Crippen LogP contribution is 2.38. The maximum atomic E-state index is 11.1. The van der Waals surface area contributed by atoms with Crippen LogP contribution in [0.4, 0.5) is 0 Å². The maximum absolute atomic E-state index is 11.1. The average molecular weight is 172 g/mol. The van der Waals surface area contributed by atoms with E-state index < -0.39 is 0 Å². The molecule has 0 N–H and O–H groups in total. The third kappa shape index (κ3) is 1.67. The molecule has 0 heterocycles. The van der Waals surface area contributed by atoms with E-state index >= 15 is 0 Å². The van der Waals surface area contributed by atoms with Gasteiger partial charge in [0, 0.05) is 13.5 Å². The molecule has 1 unspecified atom stereocenters. The van der Waals surface area contributed by atoms with Crippen molar-refractivity contribution < 1.29 is 14.3 Å². The lowest BCUT2D eigenvalue weighted by Crippen LogP contribution is -2.51. The Balaban J connectivity index is 2.23. The Kier molecular flexibility index (Phi) is 2.85. The minimum absolute atomic E-state index is 0.0974. The van der Waals surface area contributed by atoms with Gasteiger partial charge in [-0.05, 0) is 0 Å². The number of Topliss-reactive ketones (excluding diaryl/α,β-unsaturated/α-hetero) is 1. The van der Waals surface area contributed by atoms with Crippen LogP contribution in [0.25, 0.3) is 0 Å². The van der Waals surface area contributed by atoms with Gasteiger partial charge in [0.25, 0.3) is 0 Å². The molecule has 70 valence electrons. The lowest BCUT2D eigenvalue weighted by atomic mass is 9.68. The number of ketones is 1.